The number of hydrogen-bond acceptors (Lipinski definition) is 5. The van der Waals surface area contributed by atoms with Crippen LogP contribution in [0.4, 0.5) is 0 Å². The molecule has 21 heavy (non-hydrogen) atoms. The van der Waals surface area contributed by atoms with Crippen molar-refractivity contribution >= 4 is 5.78 Å². The van der Waals surface area contributed by atoms with Gasteiger partial charge in [-0.15, -0.1) is 0 Å². The van der Waals surface area contributed by atoms with Crippen LogP contribution in [0.15, 0.2) is 48.8 Å². The second kappa shape index (κ2) is 6.65. The van der Waals surface area contributed by atoms with Crippen molar-refractivity contribution < 1.29 is 9.53 Å². The van der Waals surface area contributed by atoms with Gasteiger partial charge in [0.15, 0.2) is 5.82 Å². The first-order valence-electron chi connectivity index (χ1n) is 6.46. The predicted molar refractivity (Wildman–Crippen MR) is 81.2 cm³/mol. The van der Waals surface area contributed by atoms with Crippen LogP contribution in [-0.4, -0.2) is 41.9 Å². The van der Waals surface area contributed by atoms with E-state index in [-0.39, 0.29) is 5.78 Å². The molecule has 5 heteroatoms. The van der Waals surface area contributed by atoms with Crippen molar-refractivity contribution in [3.05, 3.63) is 54.5 Å². The molecule has 0 bridgehead atoms. The molecule has 0 amide bonds. The first kappa shape index (κ1) is 14.7. The fourth-order valence-electron chi connectivity index (χ4n) is 1.68. The van der Waals surface area contributed by atoms with E-state index in [1.165, 1.54) is 6.08 Å². The van der Waals surface area contributed by atoms with E-state index in [1.54, 1.807) is 30.5 Å². The van der Waals surface area contributed by atoms with E-state index in [1.807, 2.05) is 38.4 Å². The molecule has 0 N–H and O–H groups in total. The Morgan fingerprint density at radius 2 is 1.90 bits per heavy atom. The minimum atomic E-state index is -0.152. The van der Waals surface area contributed by atoms with E-state index in [4.69, 9.17) is 4.74 Å². The van der Waals surface area contributed by atoms with Crippen LogP contribution in [0.2, 0.25) is 0 Å². The highest BCUT2D eigenvalue weighted by Crippen LogP contribution is 2.19. The number of hydrogen-bond donors (Lipinski definition) is 0. The van der Waals surface area contributed by atoms with Gasteiger partial charge in [-0.25, -0.2) is 9.97 Å². The number of carbonyl (C=O) groups excluding carboxylic acids is 1. The number of ketones is 1. The van der Waals surface area contributed by atoms with Gasteiger partial charge in [0.1, 0.15) is 11.4 Å². The van der Waals surface area contributed by atoms with E-state index in [0.29, 0.717) is 11.5 Å². The Balaban J connectivity index is 2.26. The number of methoxy groups -OCH3 is 1. The normalized spacial score (nSPS) is 10.6. The lowest BCUT2D eigenvalue weighted by Crippen LogP contribution is -2.05. The number of aromatic nitrogens is 2. The molecular formula is C16H17N3O2. The topological polar surface area (TPSA) is 55.3 Å². The molecule has 108 valence electrons. The zero-order chi connectivity index (χ0) is 15.2. The Kier molecular flexibility index (Phi) is 4.66. The molecule has 0 saturated heterocycles. The third kappa shape index (κ3) is 3.89. The zero-order valence-electron chi connectivity index (χ0n) is 12.3. The molecular weight excluding hydrogens is 266 g/mol. The summed E-state index contributed by atoms with van der Waals surface area (Å²) in [5.74, 6) is 1.13. The Labute approximate surface area is 123 Å². The van der Waals surface area contributed by atoms with Gasteiger partial charge in [0.25, 0.3) is 0 Å². The van der Waals surface area contributed by atoms with Gasteiger partial charge in [0.2, 0.25) is 5.78 Å². The van der Waals surface area contributed by atoms with Crippen molar-refractivity contribution in [2.24, 2.45) is 0 Å². The molecule has 0 aliphatic carbocycles. The first-order chi connectivity index (χ1) is 10.1. The molecule has 0 saturated carbocycles. The van der Waals surface area contributed by atoms with E-state index in [9.17, 15) is 4.79 Å². The number of rotatable bonds is 5. The van der Waals surface area contributed by atoms with Gasteiger partial charge < -0.3 is 9.64 Å². The number of allylic oxidation sites excluding steroid dienone is 1. The second-order valence-corrected chi connectivity index (χ2v) is 4.64. The van der Waals surface area contributed by atoms with Gasteiger partial charge >= 0.3 is 0 Å². The lowest BCUT2D eigenvalue weighted by atomic mass is 10.2. The van der Waals surface area contributed by atoms with Crippen LogP contribution in [-0.2, 0) is 0 Å². The molecule has 0 fully saturated rings. The van der Waals surface area contributed by atoms with Crippen molar-refractivity contribution in [2.75, 3.05) is 21.2 Å². The molecule has 0 spiro atoms. The van der Waals surface area contributed by atoms with E-state index < -0.39 is 0 Å². The molecule has 1 aromatic carbocycles. The van der Waals surface area contributed by atoms with Crippen LogP contribution in [0.25, 0.3) is 11.4 Å². The molecule has 0 unspecified atom stereocenters. The van der Waals surface area contributed by atoms with Crippen LogP contribution in [0, 0.1) is 0 Å². The summed E-state index contributed by atoms with van der Waals surface area (Å²) in [6.07, 6.45) is 4.76. The molecule has 0 aliphatic rings. The van der Waals surface area contributed by atoms with Crippen LogP contribution >= 0.6 is 0 Å². The highest BCUT2D eigenvalue weighted by Gasteiger charge is 2.07. The SMILES string of the molecule is COc1ccc(-c2nccc(C(=O)/C=C/N(C)C)n2)cc1. The summed E-state index contributed by atoms with van der Waals surface area (Å²) in [7, 11) is 5.32. The standard InChI is InChI=1S/C16H17N3O2/c1-19(2)11-9-15(20)14-8-10-17-16(18-14)12-4-6-13(21-3)7-5-12/h4-11H,1-3H3/b11-9+. The van der Waals surface area contributed by atoms with Crippen molar-refractivity contribution in [1.82, 2.24) is 14.9 Å². The highest BCUT2D eigenvalue weighted by molar-refractivity contribution is 6.03. The Bertz CT molecular complexity index is 649. The van der Waals surface area contributed by atoms with Crippen molar-refractivity contribution in [2.45, 2.75) is 0 Å². The van der Waals surface area contributed by atoms with E-state index in [0.717, 1.165) is 11.3 Å². The Morgan fingerprint density at radius 3 is 2.52 bits per heavy atom. The largest absolute Gasteiger partial charge is 0.497 e. The molecule has 1 heterocycles. The van der Waals surface area contributed by atoms with Gasteiger partial charge in [-0.05, 0) is 30.3 Å². The highest BCUT2D eigenvalue weighted by atomic mass is 16.5. The number of ether oxygens (including phenoxy) is 1. The van der Waals surface area contributed by atoms with Crippen LogP contribution < -0.4 is 4.74 Å². The third-order valence-corrected chi connectivity index (χ3v) is 2.78. The maximum absolute atomic E-state index is 12.0. The summed E-state index contributed by atoms with van der Waals surface area (Å²) in [4.78, 5) is 22.3. The van der Waals surface area contributed by atoms with Crippen molar-refractivity contribution in [1.29, 1.82) is 0 Å². The summed E-state index contributed by atoms with van der Waals surface area (Å²) in [6, 6.07) is 8.99. The fourth-order valence-corrected chi connectivity index (χ4v) is 1.68. The molecule has 0 atom stereocenters. The lowest BCUT2D eigenvalue weighted by molar-refractivity contribution is 0.104. The van der Waals surface area contributed by atoms with E-state index in [2.05, 4.69) is 9.97 Å². The van der Waals surface area contributed by atoms with Crippen molar-refractivity contribution in [3.8, 4) is 17.1 Å². The summed E-state index contributed by atoms with van der Waals surface area (Å²) in [5.41, 5.74) is 1.20. The molecule has 5 nitrogen and oxygen atoms in total. The van der Waals surface area contributed by atoms with E-state index >= 15 is 0 Å². The average Bonchev–Trinajstić information content (AvgIpc) is 2.52. The summed E-state index contributed by atoms with van der Waals surface area (Å²) < 4.78 is 5.11. The van der Waals surface area contributed by atoms with Gasteiger partial charge in [-0.2, -0.15) is 0 Å². The smallest absolute Gasteiger partial charge is 0.205 e. The number of benzene rings is 1. The minimum Gasteiger partial charge on any atom is -0.497 e. The van der Waals surface area contributed by atoms with Gasteiger partial charge in [-0.1, -0.05) is 0 Å². The quantitative estimate of drug-likeness (QED) is 0.623. The maximum atomic E-state index is 12.0. The second-order valence-electron chi connectivity index (χ2n) is 4.64. The van der Waals surface area contributed by atoms with Gasteiger partial charge in [0, 0.05) is 38.1 Å². The molecule has 0 radical (unpaired) electrons. The summed E-state index contributed by atoms with van der Waals surface area (Å²) in [5, 5.41) is 0. The first-order valence-corrected chi connectivity index (χ1v) is 6.46. The molecule has 2 aromatic rings. The predicted octanol–water partition coefficient (Wildman–Crippen LogP) is 2.41. The Hall–Kier alpha value is -2.69. The molecule has 0 aliphatic heterocycles. The number of nitrogens with zero attached hydrogens (tertiary/aromatic N) is 3. The molecule has 2 rings (SSSR count). The third-order valence-electron chi connectivity index (χ3n) is 2.78. The van der Waals surface area contributed by atoms with Crippen molar-refractivity contribution in [3.63, 3.8) is 0 Å². The Morgan fingerprint density at radius 1 is 1.19 bits per heavy atom. The fraction of sp³-hybridized carbons (Fsp3) is 0.188. The van der Waals surface area contributed by atoms with Crippen LogP contribution in [0.1, 0.15) is 10.5 Å². The number of carbonyl (C=O) groups is 1. The van der Waals surface area contributed by atoms with Gasteiger partial charge in [0.05, 0.1) is 7.11 Å². The van der Waals surface area contributed by atoms with Crippen LogP contribution in [0.3, 0.4) is 0 Å². The minimum absolute atomic E-state index is 0.152. The maximum Gasteiger partial charge on any atom is 0.205 e. The summed E-state index contributed by atoms with van der Waals surface area (Å²) >= 11 is 0. The summed E-state index contributed by atoms with van der Waals surface area (Å²) in [6.45, 7) is 0. The van der Waals surface area contributed by atoms with Crippen LogP contribution in [0.5, 0.6) is 5.75 Å². The molecule has 1 aromatic heterocycles. The van der Waals surface area contributed by atoms with Gasteiger partial charge in [-0.3, -0.25) is 4.79 Å². The average molecular weight is 283 g/mol. The monoisotopic (exact) mass is 283 g/mol. The lowest BCUT2D eigenvalue weighted by Gasteiger charge is -2.04. The zero-order valence-corrected chi connectivity index (χ0v) is 12.3.